The van der Waals surface area contributed by atoms with Gasteiger partial charge in [0.05, 0.1) is 11.9 Å². The number of carbonyl (C=O) groups is 1. The molecule has 0 saturated heterocycles. The average Bonchev–Trinajstić information content (AvgIpc) is 3.12. The summed E-state index contributed by atoms with van der Waals surface area (Å²) in [5, 5.41) is 4.76. The minimum Gasteiger partial charge on any atom is -0.299 e. The van der Waals surface area contributed by atoms with E-state index in [1.165, 1.54) is 0 Å². The Morgan fingerprint density at radius 2 is 2.35 bits per heavy atom. The van der Waals surface area contributed by atoms with Gasteiger partial charge in [0.25, 0.3) is 0 Å². The Labute approximate surface area is 121 Å². The number of hydrogen-bond acceptors (Lipinski definition) is 3. The lowest BCUT2D eigenvalue weighted by Crippen LogP contribution is -2.31. The van der Waals surface area contributed by atoms with Crippen LogP contribution < -0.4 is 10.9 Å². The summed E-state index contributed by atoms with van der Waals surface area (Å²) in [6.07, 6.45) is 4.65. The number of aromatic nitrogens is 2. The van der Waals surface area contributed by atoms with Gasteiger partial charge in [0, 0.05) is 24.2 Å². The van der Waals surface area contributed by atoms with Gasteiger partial charge in [-0.3, -0.25) is 20.3 Å². The Morgan fingerprint density at radius 3 is 3.05 bits per heavy atom. The fourth-order valence-electron chi connectivity index (χ4n) is 2.28. The smallest absolute Gasteiger partial charge is 0.242 e. The zero-order chi connectivity index (χ0) is 14.1. The Kier molecular flexibility index (Phi) is 3.36. The van der Waals surface area contributed by atoms with E-state index >= 15 is 0 Å². The van der Waals surface area contributed by atoms with Crippen molar-refractivity contribution in [2.24, 2.45) is 13.0 Å². The summed E-state index contributed by atoms with van der Waals surface area (Å²) in [5.41, 5.74) is 7.49. The fourth-order valence-corrected chi connectivity index (χ4v) is 2.47. The predicted octanol–water partition coefficient (Wildman–Crippen LogP) is 2.32. The lowest BCUT2D eigenvalue weighted by atomic mass is 10.2. The number of hydrogen-bond donors (Lipinski definition) is 2. The second kappa shape index (κ2) is 5.17. The van der Waals surface area contributed by atoms with Crippen molar-refractivity contribution < 1.29 is 4.79 Å². The van der Waals surface area contributed by atoms with E-state index in [0.717, 1.165) is 17.7 Å². The maximum atomic E-state index is 12.0. The van der Waals surface area contributed by atoms with Gasteiger partial charge in [0.2, 0.25) is 5.91 Å². The number of amides is 1. The van der Waals surface area contributed by atoms with Crippen LogP contribution in [0.15, 0.2) is 36.7 Å². The third-order valence-corrected chi connectivity index (χ3v) is 3.67. The summed E-state index contributed by atoms with van der Waals surface area (Å²) in [4.78, 5) is 12.0. The molecule has 1 aromatic heterocycles. The summed E-state index contributed by atoms with van der Waals surface area (Å²) in [6.45, 7) is 0. The van der Waals surface area contributed by atoms with E-state index in [2.05, 4.69) is 16.0 Å². The first-order chi connectivity index (χ1) is 9.63. The molecule has 2 N–H and O–H groups in total. The largest absolute Gasteiger partial charge is 0.299 e. The number of benzene rings is 1. The molecule has 1 aliphatic rings. The maximum absolute atomic E-state index is 12.0. The van der Waals surface area contributed by atoms with Gasteiger partial charge in [-0.2, -0.15) is 5.10 Å². The number of nitrogens with one attached hydrogen (secondary N) is 2. The van der Waals surface area contributed by atoms with Gasteiger partial charge in [-0.25, -0.2) is 0 Å². The van der Waals surface area contributed by atoms with Crippen molar-refractivity contribution in [3.8, 4) is 0 Å². The molecule has 20 heavy (non-hydrogen) atoms. The number of aryl methyl sites for hydroxylation is 1. The van der Waals surface area contributed by atoms with Crippen LogP contribution in [0.1, 0.15) is 17.9 Å². The molecule has 2 unspecified atom stereocenters. The summed E-state index contributed by atoms with van der Waals surface area (Å²) in [6, 6.07) is 7.21. The molecule has 6 heteroatoms. The lowest BCUT2D eigenvalue weighted by Gasteiger charge is -2.08. The van der Waals surface area contributed by atoms with Crippen molar-refractivity contribution in [1.29, 1.82) is 0 Å². The van der Waals surface area contributed by atoms with Crippen LogP contribution in [0, 0.1) is 5.92 Å². The minimum absolute atomic E-state index is 0.00108. The molecule has 1 fully saturated rings. The average molecular weight is 291 g/mol. The van der Waals surface area contributed by atoms with E-state index in [9.17, 15) is 4.79 Å². The van der Waals surface area contributed by atoms with Crippen LogP contribution in [0.3, 0.4) is 0 Å². The summed E-state index contributed by atoms with van der Waals surface area (Å²) >= 11 is 5.88. The molecule has 0 bridgehead atoms. The van der Waals surface area contributed by atoms with Gasteiger partial charge in [-0.15, -0.1) is 0 Å². The quantitative estimate of drug-likeness (QED) is 0.850. The molecule has 0 spiro atoms. The van der Waals surface area contributed by atoms with Gasteiger partial charge in [0.1, 0.15) is 0 Å². The standard InChI is InChI=1S/C14H15ClN4O/c1-19-8-9(7-16-19)12-6-13(12)14(20)18-17-11-4-2-3-10(15)5-11/h2-5,7-8,12-13,17H,6H2,1H3,(H,18,20). The molecule has 1 heterocycles. The highest BCUT2D eigenvalue weighted by Crippen LogP contribution is 2.47. The van der Waals surface area contributed by atoms with E-state index in [-0.39, 0.29) is 17.7 Å². The monoisotopic (exact) mass is 290 g/mol. The minimum atomic E-state index is -0.00108. The van der Waals surface area contributed by atoms with Crippen molar-refractivity contribution in [3.05, 3.63) is 47.2 Å². The van der Waals surface area contributed by atoms with Crippen molar-refractivity contribution >= 4 is 23.2 Å². The van der Waals surface area contributed by atoms with Crippen LogP contribution in [0.4, 0.5) is 5.69 Å². The number of nitrogens with zero attached hydrogens (tertiary/aromatic N) is 2. The lowest BCUT2D eigenvalue weighted by molar-refractivity contribution is -0.121. The van der Waals surface area contributed by atoms with E-state index in [1.54, 1.807) is 16.8 Å². The SMILES string of the molecule is Cn1cc(C2CC2C(=O)NNc2cccc(Cl)c2)cn1. The molecular formula is C14H15ClN4O. The highest BCUT2D eigenvalue weighted by atomic mass is 35.5. The molecule has 2 aromatic rings. The van der Waals surface area contributed by atoms with E-state index in [0.29, 0.717) is 5.02 Å². The van der Waals surface area contributed by atoms with Crippen LogP contribution in [0.25, 0.3) is 0 Å². The maximum Gasteiger partial charge on any atom is 0.242 e. The molecule has 2 atom stereocenters. The summed E-state index contributed by atoms with van der Waals surface area (Å²) in [7, 11) is 1.88. The zero-order valence-electron chi connectivity index (χ0n) is 11.0. The number of carbonyl (C=O) groups excluding carboxylic acids is 1. The van der Waals surface area contributed by atoms with Crippen molar-refractivity contribution in [2.45, 2.75) is 12.3 Å². The van der Waals surface area contributed by atoms with Crippen molar-refractivity contribution in [3.63, 3.8) is 0 Å². The highest BCUT2D eigenvalue weighted by Gasteiger charge is 2.44. The first-order valence-electron chi connectivity index (χ1n) is 6.43. The van der Waals surface area contributed by atoms with E-state index in [1.807, 2.05) is 31.6 Å². The number of anilines is 1. The molecule has 1 aromatic carbocycles. The van der Waals surface area contributed by atoms with E-state index in [4.69, 9.17) is 11.6 Å². The Balaban J connectivity index is 1.54. The molecule has 104 valence electrons. The second-order valence-corrected chi connectivity index (χ2v) is 5.46. The van der Waals surface area contributed by atoms with Gasteiger partial charge >= 0.3 is 0 Å². The second-order valence-electron chi connectivity index (χ2n) is 5.02. The van der Waals surface area contributed by atoms with Gasteiger partial charge in [0.15, 0.2) is 0 Å². The number of rotatable bonds is 4. The van der Waals surface area contributed by atoms with Crippen molar-refractivity contribution in [1.82, 2.24) is 15.2 Å². The number of hydrazine groups is 1. The predicted molar refractivity (Wildman–Crippen MR) is 77.3 cm³/mol. The first kappa shape index (κ1) is 13.0. The first-order valence-corrected chi connectivity index (χ1v) is 6.81. The molecular weight excluding hydrogens is 276 g/mol. The Bertz CT molecular complexity index is 640. The third-order valence-electron chi connectivity index (χ3n) is 3.43. The number of halogens is 1. The molecule has 0 radical (unpaired) electrons. The Hall–Kier alpha value is -2.01. The highest BCUT2D eigenvalue weighted by molar-refractivity contribution is 6.30. The summed E-state index contributed by atoms with van der Waals surface area (Å²) in [5.74, 6) is 0.301. The Morgan fingerprint density at radius 1 is 1.50 bits per heavy atom. The van der Waals surface area contributed by atoms with Gasteiger partial charge < -0.3 is 0 Å². The fraction of sp³-hybridized carbons (Fsp3) is 0.286. The zero-order valence-corrected chi connectivity index (χ0v) is 11.8. The van der Waals surface area contributed by atoms with E-state index < -0.39 is 0 Å². The molecule has 3 rings (SSSR count). The van der Waals surface area contributed by atoms with Crippen LogP contribution in [-0.2, 0) is 11.8 Å². The van der Waals surface area contributed by atoms with Crippen LogP contribution >= 0.6 is 11.6 Å². The third kappa shape index (κ3) is 2.77. The topological polar surface area (TPSA) is 59.0 Å². The molecule has 0 aliphatic heterocycles. The van der Waals surface area contributed by atoms with Gasteiger partial charge in [-0.1, -0.05) is 17.7 Å². The van der Waals surface area contributed by atoms with Crippen LogP contribution in [-0.4, -0.2) is 15.7 Å². The molecule has 5 nitrogen and oxygen atoms in total. The van der Waals surface area contributed by atoms with Crippen LogP contribution in [0.5, 0.6) is 0 Å². The van der Waals surface area contributed by atoms with Gasteiger partial charge in [-0.05, 0) is 36.1 Å². The molecule has 1 aliphatic carbocycles. The molecule has 1 saturated carbocycles. The van der Waals surface area contributed by atoms with Crippen molar-refractivity contribution in [2.75, 3.05) is 5.43 Å². The summed E-state index contributed by atoms with van der Waals surface area (Å²) < 4.78 is 1.76. The normalized spacial score (nSPS) is 20.5. The molecule has 1 amide bonds. The van der Waals surface area contributed by atoms with Crippen LogP contribution in [0.2, 0.25) is 5.02 Å².